The highest BCUT2D eigenvalue weighted by atomic mass is 35.5. The summed E-state index contributed by atoms with van der Waals surface area (Å²) in [6.07, 6.45) is 1.83. The average molecular weight is 444 g/mol. The summed E-state index contributed by atoms with van der Waals surface area (Å²) >= 11 is 6.01. The van der Waals surface area contributed by atoms with Crippen molar-refractivity contribution in [3.63, 3.8) is 0 Å². The average Bonchev–Trinajstić information content (AvgIpc) is 3.22. The minimum atomic E-state index is -3.83. The van der Waals surface area contributed by atoms with E-state index in [9.17, 15) is 8.42 Å². The number of aromatic nitrogens is 1. The second kappa shape index (κ2) is 8.73. The van der Waals surface area contributed by atoms with Crippen LogP contribution in [0.1, 0.15) is 0 Å². The van der Waals surface area contributed by atoms with Gasteiger partial charge in [0.2, 0.25) is 10.9 Å². The fraction of sp³-hybridized carbons (Fsp3) is 0.227. The Labute approximate surface area is 181 Å². The quantitative estimate of drug-likeness (QED) is 0.535. The van der Waals surface area contributed by atoms with Crippen LogP contribution >= 0.6 is 11.6 Å². The Balaban J connectivity index is 1.75. The van der Waals surface area contributed by atoms with Gasteiger partial charge in [-0.15, -0.1) is 6.58 Å². The molecule has 1 saturated heterocycles. The molecule has 1 aromatic heterocycles. The van der Waals surface area contributed by atoms with Gasteiger partial charge < -0.3 is 4.42 Å². The van der Waals surface area contributed by atoms with Gasteiger partial charge in [-0.1, -0.05) is 35.9 Å². The Bertz CT molecular complexity index is 1120. The maximum absolute atomic E-state index is 13.5. The topological polar surface area (TPSA) is 66.7 Å². The SMILES string of the molecule is C=CCN1CCN(S(=O)(=O)c2nc(-c3ccccc3)oc2-c2ccc(Cl)cc2)CC1. The van der Waals surface area contributed by atoms with Crippen LogP contribution in [0.3, 0.4) is 0 Å². The molecule has 4 rings (SSSR count). The zero-order valence-corrected chi connectivity index (χ0v) is 17.9. The standard InChI is InChI=1S/C22H22ClN3O3S/c1-2-12-25-13-15-26(16-14-25)30(27,28)22-20(17-8-10-19(23)11-9-17)29-21(24-22)18-6-4-3-5-7-18/h2-11H,1,12-16H2. The summed E-state index contributed by atoms with van der Waals surface area (Å²) < 4.78 is 34.4. The number of hydrogen-bond donors (Lipinski definition) is 0. The molecule has 0 radical (unpaired) electrons. The molecule has 0 amide bonds. The van der Waals surface area contributed by atoms with E-state index in [0.29, 0.717) is 42.3 Å². The van der Waals surface area contributed by atoms with E-state index in [0.717, 1.165) is 6.54 Å². The number of hydrogen-bond acceptors (Lipinski definition) is 5. The number of nitrogens with zero attached hydrogens (tertiary/aromatic N) is 3. The van der Waals surface area contributed by atoms with Gasteiger partial charge >= 0.3 is 0 Å². The summed E-state index contributed by atoms with van der Waals surface area (Å²) in [6.45, 7) is 6.56. The fourth-order valence-corrected chi connectivity index (χ4v) is 5.03. The van der Waals surface area contributed by atoms with Gasteiger partial charge in [0.05, 0.1) is 0 Å². The first kappa shape index (κ1) is 20.8. The van der Waals surface area contributed by atoms with Gasteiger partial charge in [0.1, 0.15) is 0 Å². The van der Waals surface area contributed by atoms with Gasteiger partial charge in [0.25, 0.3) is 10.0 Å². The lowest BCUT2D eigenvalue weighted by Crippen LogP contribution is -2.48. The predicted molar refractivity (Wildman–Crippen MR) is 118 cm³/mol. The predicted octanol–water partition coefficient (Wildman–Crippen LogP) is 4.15. The third-order valence-corrected chi connectivity index (χ3v) is 7.09. The Morgan fingerprint density at radius 1 is 1.00 bits per heavy atom. The van der Waals surface area contributed by atoms with E-state index >= 15 is 0 Å². The molecule has 0 spiro atoms. The van der Waals surface area contributed by atoms with Crippen molar-refractivity contribution in [3.8, 4) is 22.8 Å². The van der Waals surface area contributed by atoms with Crippen LogP contribution in [0.4, 0.5) is 0 Å². The van der Waals surface area contributed by atoms with Crippen molar-refractivity contribution >= 4 is 21.6 Å². The summed E-state index contributed by atoms with van der Waals surface area (Å²) in [5.74, 6) is 0.489. The third kappa shape index (κ3) is 4.20. The van der Waals surface area contributed by atoms with Crippen molar-refractivity contribution in [1.29, 1.82) is 0 Å². The Kier molecular flexibility index (Phi) is 6.06. The smallest absolute Gasteiger partial charge is 0.264 e. The zero-order valence-electron chi connectivity index (χ0n) is 16.4. The van der Waals surface area contributed by atoms with E-state index in [1.807, 2.05) is 36.4 Å². The van der Waals surface area contributed by atoms with E-state index in [-0.39, 0.29) is 16.7 Å². The van der Waals surface area contributed by atoms with E-state index in [1.54, 1.807) is 24.3 Å². The third-order valence-electron chi connectivity index (χ3n) is 5.03. The summed E-state index contributed by atoms with van der Waals surface area (Å²) in [6, 6.07) is 16.1. The summed E-state index contributed by atoms with van der Waals surface area (Å²) in [4.78, 5) is 6.59. The van der Waals surface area contributed by atoms with Crippen LogP contribution < -0.4 is 0 Å². The van der Waals surface area contributed by atoms with Gasteiger partial charge in [-0.05, 0) is 36.4 Å². The van der Waals surface area contributed by atoms with Gasteiger partial charge in [0.15, 0.2) is 5.76 Å². The van der Waals surface area contributed by atoms with E-state index in [4.69, 9.17) is 16.0 Å². The van der Waals surface area contributed by atoms with Gasteiger partial charge in [-0.25, -0.2) is 8.42 Å². The maximum atomic E-state index is 13.5. The first-order chi connectivity index (χ1) is 14.5. The van der Waals surface area contributed by atoms with Crippen molar-refractivity contribution in [2.24, 2.45) is 0 Å². The van der Waals surface area contributed by atoms with Crippen LogP contribution in [0.25, 0.3) is 22.8 Å². The molecular formula is C22H22ClN3O3S. The molecule has 0 unspecified atom stereocenters. The van der Waals surface area contributed by atoms with Crippen LogP contribution in [0.2, 0.25) is 5.02 Å². The lowest BCUT2D eigenvalue weighted by molar-refractivity contribution is 0.204. The molecule has 1 aliphatic heterocycles. The van der Waals surface area contributed by atoms with E-state index in [1.165, 1.54) is 4.31 Å². The first-order valence-corrected chi connectivity index (χ1v) is 11.5. The van der Waals surface area contributed by atoms with Gasteiger partial charge in [0, 0.05) is 48.9 Å². The van der Waals surface area contributed by atoms with E-state index in [2.05, 4.69) is 16.5 Å². The molecule has 8 heteroatoms. The number of oxazole rings is 1. The van der Waals surface area contributed by atoms with Crippen molar-refractivity contribution in [3.05, 3.63) is 72.3 Å². The Hall–Kier alpha value is -2.45. The summed E-state index contributed by atoms with van der Waals surface area (Å²) in [5, 5.41) is 0.491. The molecule has 0 aliphatic carbocycles. The Morgan fingerprint density at radius 3 is 2.30 bits per heavy atom. The maximum Gasteiger partial charge on any atom is 0.264 e. The highest BCUT2D eigenvalue weighted by Gasteiger charge is 2.34. The highest BCUT2D eigenvalue weighted by Crippen LogP contribution is 2.34. The highest BCUT2D eigenvalue weighted by molar-refractivity contribution is 7.89. The number of benzene rings is 2. The molecule has 0 saturated carbocycles. The minimum absolute atomic E-state index is 0.0687. The largest absolute Gasteiger partial charge is 0.435 e. The number of halogens is 1. The molecule has 0 bridgehead atoms. The van der Waals surface area contributed by atoms with Crippen LogP contribution in [0.5, 0.6) is 0 Å². The lowest BCUT2D eigenvalue weighted by Gasteiger charge is -2.32. The first-order valence-electron chi connectivity index (χ1n) is 9.64. The second-order valence-electron chi connectivity index (χ2n) is 7.02. The molecule has 0 N–H and O–H groups in total. The monoisotopic (exact) mass is 443 g/mol. The molecule has 1 fully saturated rings. The number of piperazine rings is 1. The normalized spacial score (nSPS) is 15.9. The molecule has 3 aromatic rings. The molecule has 2 aromatic carbocycles. The van der Waals surface area contributed by atoms with Crippen molar-refractivity contribution < 1.29 is 12.8 Å². The number of rotatable bonds is 6. The van der Waals surface area contributed by atoms with Crippen LogP contribution in [0.15, 0.2) is 76.7 Å². The van der Waals surface area contributed by atoms with Crippen molar-refractivity contribution in [2.45, 2.75) is 5.03 Å². The van der Waals surface area contributed by atoms with Crippen LogP contribution in [0, 0.1) is 0 Å². The van der Waals surface area contributed by atoms with Crippen LogP contribution in [-0.2, 0) is 10.0 Å². The number of sulfonamides is 1. The summed E-state index contributed by atoms with van der Waals surface area (Å²) in [7, 11) is -3.83. The van der Waals surface area contributed by atoms with Crippen molar-refractivity contribution in [2.75, 3.05) is 32.7 Å². The lowest BCUT2D eigenvalue weighted by atomic mass is 10.2. The van der Waals surface area contributed by atoms with Crippen LogP contribution in [-0.4, -0.2) is 55.3 Å². The summed E-state index contributed by atoms with van der Waals surface area (Å²) in [5.41, 5.74) is 1.32. The molecule has 156 valence electrons. The molecular weight excluding hydrogens is 422 g/mol. The van der Waals surface area contributed by atoms with Gasteiger partial charge in [-0.3, -0.25) is 4.90 Å². The molecule has 0 atom stereocenters. The van der Waals surface area contributed by atoms with E-state index < -0.39 is 10.0 Å². The van der Waals surface area contributed by atoms with Gasteiger partial charge in [-0.2, -0.15) is 9.29 Å². The zero-order chi connectivity index (χ0) is 21.1. The molecule has 1 aliphatic rings. The fourth-order valence-electron chi connectivity index (χ4n) is 3.43. The Morgan fingerprint density at radius 2 is 1.67 bits per heavy atom. The second-order valence-corrected chi connectivity index (χ2v) is 9.31. The van der Waals surface area contributed by atoms with Crippen molar-refractivity contribution in [1.82, 2.24) is 14.2 Å². The minimum Gasteiger partial charge on any atom is -0.435 e. The molecule has 30 heavy (non-hydrogen) atoms. The molecule has 6 nitrogen and oxygen atoms in total. The molecule has 2 heterocycles.